The van der Waals surface area contributed by atoms with E-state index in [1.807, 2.05) is 4.90 Å². The molecule has 3 rings (SSSR count). The quantitative estimate of drug-likeness (QED) is 0.269. The van der Waals surface area contributed by atoms with Crippen molar-refractivity contribution in [3.8, 4) is 0 Å². The van der Waals surface area contributed by atoms with E-state index < -0.39 is 22.6 Å². The summed E-state index contributed by atoms with van der Waals surface area (Å²) in [6, 6.07) is 4.65. The van der Waals surface area contributed by atoms with Gasteiger partial charge in [-0.15, -0.1) is 0 Å². The fourth-order valence-electron chi connectivity index (χ4n) is 3.12. The molecular weight excluding hydrogens is 340 g/mol. The molecule has 2 aliphatic heterocycles. The molecular formula is C18H20N2O6. The minimum absolute atomic E-state index is 0.0564. The second kappa shape index (κ2) is 6.78. The highest BCUT2D eigenvalue weighted by Gasteiger charge is 2.39. The van der Waals surface area contributed by atoms with Gasteiger partial charge in [0.05, 0.1) is 4.92 Å². The number of nitro benzene ring substituents is 1. The SMILES string of the molecule is CC1(C)OC(=O)C(=Cc2ccc(N3CCCCC3)c([N+](=O)[O-])c2)C(=O)O1. The van der Waals surface area contributed by atoms with Crippen LogP contribution < -0.4 is 4.90 Å². The molecule has 0 unspecified atom stereocenters. The van der Waals surface area contributed by atoms with Crippen LogP contribution in [0, 0.1) is 10.1 Å². The molecule has 0 aliphatic carbocycles. The molecule has 0 saturated carbocycles. The van der Waals surface area contributed by atoms with Gasteiger partial charge >= 0.3 is 11.9 Å². The zero-order valence-electron chi connectivity index (χ0n) is 14.7. The summed E-state index contributed by atoms with van der Waals surface area (Å²) in [6.45, 7) is 4.46. The van der Waals surface area contributed by atoms with Gasteiger partial charge in [-0.3, -0.25) is 10.1 Å². The third-order valence-electron chi connectivity index (χ3n) is 4.32. The largest absolute Gasteiger partial charge is 0.419 e. The van der Waals surface area contributed by atoms with E-state index in [-0.39, 0.29) is 11.3 Å². The molecule has 8 nitrogen and oxygen atoms in total. The van der Waals surface area contributed by atoms with Gasteiger partial charge in [-0.1, -0.05) is 6.07 Å². The van der Waals surface area contributed by atoms with E-state index in [0.717, 1.165) is 32.4 Å². The minimum atomic E-state index is -1.32. The Morgan fingerprint density at radius 1 is 1.12 bits per heavy atom. The first kappa shape index (κ1) is 17.9. The summed E-state index contributed by atoms with van der Waals surface area (Å²) in [4.78, 5) is 37.1. The maximum absolute atomic E-state index is 12.0. The topological polar surface area (TPSA) is 99.0 Å². The predicted molar refractivity (Wildman–Crippen MR) is 93.4 cm³/mol. The summed E-state index contributed by atoms with van der Waals surface area (Å²) >= 11 is 0. The monoisotopic (exact) mass is 360 g/mol. The van der Waals surface area contributed by atoms with Gasteiger partial charge in [0, 0.05) is 33.0 Å². The van der Waals surface area contributed by atoms with Gasteiger partial charge < -0.3 is 14.4 Å². The van der Waals surface area contributed by atoms with Crippen molar-refractivity contribution in [2.24, 2.45) is 0 Å². The molecule has 0 aromatic heterocycles. The van der Waals surface area contributed by atoms with Crippen molar-refractivity contribution in [2.45, 2.75) is 38.9 Å². The summed E-state index contributed by atoms with van der Waals surface area (Å²) in [7, 11) is 0. The van der Waals surface area contributed by atoms with Crippen molar-refractivity contribution in [3.63, 3.8) is 0 Å². The van der Waals surface area contributed by atoms with Gasteiger partial charge in [-0.05, 0) is 37.0 Å². The van der Waals surface area contributed by atoms with Crippen LogP contribution in [0.15, 0.2) is 23.8 Å². The number of hydrogen-bond acceptors (Lipinski definition) is 7. The summed E-state index contributed by atoms with van der Waals surface area (Å²) < 4.78 is 10.1. The Morgan fingerprint density at radius 3 is 2.31 bits per heavy atom. The van der Waals surface area contributed by atoms with Crippen LogP contribution in [0.3, 0.4) is 0 Å². The molecule has 0 N–H and O–H groups in total. The van der Waals surface area contributed by atoms with Crippen LogP contribution in [-0.2, 0) is 19.1 Å². The lowest BCUT2D eigenvalue weighted by atomic mass is 10.1. The standard InChI is InChI=1S/C18H20N2O6/c1-18(2)25-16(21)13(17(22)26-18)10-12-6-7-14(15(11-12)20(23)24)19-8-4-3-5-9-19/h6-7,10-11H,3-5,8-9H2,1-2H3. The molecule has 2 aliphatic rings. The average molecular weight is 360 g/mol. The summed E-state index contributed by atoms with van der Waals surface area (Å²) in [5.41, 5.74) is 0.566. The van der Waals surface area contributed by atoms with Crippen molar-refractivity contribution in [2.75, 3.05) is 18.0 Å². The average Bonchev–Trinajstić information content (AvgIpc) is 2.58. The maximum Gasteiger partial charge on any atom is 0.348 e. The van der Waals surface area contributed by atoms with Crippen LogP contribution in [0.1, 0.15) is 38.7 Å². The molecule has 1 aromatic rings. The Kier molecular flexibility index (Phi) is 4.67. The number of benzene rings is 1. The van der Waals surface area contributed by atoms with E-state index in [2.05, 4.69) is 0 Å². The van der Waals surface area contributed by atoms with E-state index in [4.69, 9.17) is 9.47 Å². The van der Waals surface area contributed by atoms with Crippen molar-refractivity contribution in [1.29, 1.82) is 0 Å². The Hall–Kier alpha value is -2.90. The fraction of sp³-hybridized carbons (Fsp3) is 0.444. The lowest BCUT2D eigenvalue weighted by Gasteiger charge is -2.30. The third kappa shape index (κ3) is 3.68. The zero-order chi connectivity index (χ0) is 18.9. The second-order valence-electron chi connectivity index (χ2n) is 6.79. The van der Waals surface area contributed by atoms with Gasteiger partial charge in [0.15, 0.2) is 0 Å². The molecule has 138 valence electrons. The number of anilines is 1. The number of esters is 2. The third-order valence-corrected chi connectivity index (χ3v) is 4.32. The lowest BCUT2D eigenvalue weighted by molar-refractivity contribution is -0.384. The first-order chi connectivity index (χ1) is 12.3. The molecule has 0 atom stereocenters. The number of carbonyl (C=O) groups excluding carboxylic acids is 2. The normalized spacial score (nSPS) is 19.6. The van der Waals surface area contributed by atoms with Crippen molar-refractivity contribution >= 4 is 29.4 Å². The van der Waals surface area contributed by atoms with Crippen molar-refractivity contribution < 1.29 is 24.0 Å². The van der Waals surface area contributed by atoms with Gasteiger partial charge in [-0.25, -0.2) is 9.59 Å². The van der Waals surface area contributed by atoms with E-state index in [1.165, 1.54) is 26.0 Å². The highest BCUT2D eigenvalue weighted by molar-refractivity contribution is 6.18. The summed E-state index contributed by atoms with van der Waals surface area (Å²) in [5.74, 6) is -2.95. The predicted octanol–water partition coefficient (Wildman–Crippen LogP) is 2.80. The highest BCUT2D eigenvalue weighted by Crippen LogP contribution is 2.32. The van der Waals surface area contributed by atoms with Crippen LogP contribution in [0.4, 0.5) is 11.4 Å². The summed E-state index contributed by atoms with van der Waals surface area (Å²) in [5, 5.41) is 11.5. The van der Waals surface area contributed by atoms with Crippen molar-refractivity contribution in [3.05, 3.63) is 39.4 Å². The van der Waals surface area contributed by atoms with Crippen LogP contribution in [-0.4, -0.2) is 35.7 Å². The molecule has 0 amide bonds. The van der Waals surface area contributed by atoms with Crippen LogP contribution in [0.5, 0.6) is 0 Å². The molecule has 0 radical (unpaired) electrons. The van der Waals surface area contributed by atoms with E-state index >= 15 is 0 Å². The first-order valence-corrected chi connectivity index (χ1v) is 8.48. The van der Waals surface area contributed by atoms with E-state index in [9.17, 15) is 19.7 Å². The van der Waals surface area contributed by atoms with Crippen molar-refractivity contribution in [1.82, 2.24) is 0 Å². The van der Waals surface area contributed by atoms with Gasteiger partial charge in [0.2, 0.25) is 0 Å². The number of hydrogen-bond donors (Lipinski definition) is 0. The lowest BCUT2D eigenvalue weighted by Crippen LogP contribution is -2.41. The van der Waals surface area contributed by atoms with E-state index in [1.54, 1.807) is 12.1 Å². The maximum atomic E-state index is 12.0. The van der Waals surface area contributed by atoms with Crippen LogP contribution >= 0.6 is 0 Å². The van der Waals surface area contributed by atoms with Gasteiger partial charge in [-0.2, -0.15) is 0 Å². The fourth-order valence-corrected chi connectivity index (χ4v) is 3.12. The molecule has 2 saturated heterocycles. The number of nitro groups is 1. The number of rotatable bonds is 3. The Bertz CT molecular complexity index is 771. The molecule has 26 heavy (non-hydrogen) atoms. The van der Waals surface area contributed by atoms with E-state index in [0.29, 0.717) is 11.3 Å². The zero-order valence-corrected chi connectivity index (χ0v) is 14.7. The smallest absolute Gasteiger partial charge is 0.348 e. The highest BCUT2D eigenvalue weighted by atomic mass is 16.7. The molecule has 2 heterocycles. The van der Waals surface area contributed by atoms with Gasteiger partial charge in [0.1, 0.15) is 11.3 Å². The number of nitrogens with zero attached hydrogens (tertiary/aromatic N) is 2. The van der Waals surface area contributed by atoms with Crippen LogP contribution in [0.25, 0.3) is 6.08 Å². The number of cyclic esters (lactones) is 2. The summed E-state index contributed by atoms with van der Waals surface area (Å²) in [6.07, 6.45) is 4.37. The Balaban J connectivity index is 1.94. The Labute approximate surface area is 150 Å². The molecule has 2 fully saturated rings. The van der Waals surface area contributed by atoms with Crippen LogP contribution in [0.2, 0.25) is 0 Å². The first-order valence-electron chi connectivity index (χ1n) is 8.48. The minimum Gasteiger partial charge on any atom is -0.419 e. The molecule has 8 heteroatoms. The number of piperidine rings is 1. The molecule has 0 spiro atoms. The molecule has 0 bridgehead atoms. The van der Waals surface area contributed by atoms with Gasteiger partial charge in [0.25, 0.3) is 11.5 Å². The number of ether oxygens (including phenoxy) is 2. The molecule has 1 aromatic carbocycles. The second-order valence-corrected chi connectivity index (χ2v) is 6.79. The number of carbonyl (C=O) groups is 2. The Morgan fingerprint density at radius 2 is 1.73 bits per heavy atom.